The Labute approximate surface area is 245 Å². The zero-order valence-electron chi connectivity index (χ0n) is 24.4. The van der Waals surface area contributed by atoms with Crippen LogP contribution in [-0.4, -0.2) is 59.4 Å². The van der Waals surface area contributed by atoms with Gasteiger partial charge in [-0.15, -0.1) is 0 Å². The van der Waals surface area contributed by atoms with Crippen molar-refractivity contribution < 1.29 is 22.7 Å². The average Bonchev–Trinajstić information content (AvgIpc) is 3.50. The van der Waals surface area contributed by atoms with E-state index in [9.17, 15) is 13.2 Å². The second-order valence-corrected chi connectivity index (χ2v) is 13.2. The van der Waals surface area contributed by atoms with Gasteiger partial charge in [0.15, 0.2) is 9.84 Å². The van der Waals surface area contributed by atoms with Crippen molar-refractivity contribution in [1.82, 2.24) is 20.2 Å². The molecule has 11 nitrogen and oxygen atoms in total. The Kier molecular flexibility index (Phi) is 8.02. The first-order valence-corrected chi connectivity index (χ1v) is 15.2. The molecule has 2 aromatic carbocycles. The third-order valence-corrected chi connectivity index (χ3v) is 9.11. The van der Waals surface area contributed by atoms with Crippen LogP contribution < -0.4 is 15.4 Å². The number of anilines is 4. The van der Waals surface area contributed by atoms with Crippen LogP contribution in [0.4, 0.5) is 23.1 Å². The standard InChI is InChI=1S/C30H34N6O5S/c1-16(2)41-25-12-19-11-21-27(35-36-28(21)24(37)15-40-6)20(19)13-23(25)33-30-31-14-18(5)29(34-30)32-22-9-7-8-10-26(22)42(38,39)17(3)4/h7-10,12-14,16-17H,11,15H2,1-6H3,(H,35,36)(H2,31,32,33,34). The summed E-state index contributed by atoms with van der Waals surface area (Å²) in [5.41, 5.74) is 5.64. The van der Waals surface area contributed by atoms with E-state index in [1.165, 1.54) is 7.11 Å². The predicted molar refractivity (Wildman–Crippen MR) is 161 cm³/mol. The highest BCUT2D eigenvalue weighted by Gasteiger charge is 2.29. The lowest BCUT2D eigenvalue weighted by Gasteiger charge is -2.18. The minimum atomic E-state index is -3.53. The van der Waals surface area contributed by atoms with E-state index >= 15 is 0 Å². The summed E-state index contributed by atoms with van der Waals surface area (Å²) in [6.45, 7) is 9.00. The van der Waals surface area contributed by atoms with Gasteiger partial charge in [0.05, 0.1) is 33.3 Å². The first kappa shape index (κ1) is 29.2. The molecule has 2 aromatic heterocycles. The highest BCUT2D eigenvalue weighted by molar-refractivity contribution is 7.92. The summed E-state index contributed by atoms with van der Waals surface area (Å²) in [5.74, 6) is 1.20. The molecule has 0 fully saturated rings. The predicted octanol–water partition coefficient (Wildman–Crippen LogP) is 5.36. The second-order valence-electron chi connectivity index (χ2n) is 10.7. The number of aromatic amines is 1. The SMILES string of the molecule is COCC(=O)c1[nH]nc2c1Cc1cc(OC(C)C)c(Nc3ncc(C)c(Nc4ccccc4S(=O)(=O)C(C)C)n3)cc1-2. The molecule has 5 rings (SSSR count). The molecule has 4 aromatic rings. The lowest BCUT2D eigenvalue weighted by molar-refractivity contribution is 0.0842. The van der Waals surface area contributed by atoms with E-state index in [-0.39, 0.29) is 29.3 Å². The van der Waals surface area contributed by atoms with Crippen LogP contribution in [-0.2, 0) is 21.0 Å². The summed E-state index contributed by atoms with van der Waals surface area (Å²) in [7, 11) is -2.05. The minimum Gasteiger partial charge on any atom is -0.489 e. The number of ketones is 1. The van der Waals surface area contributed by atoms with Gasteiger partial charge in [-0.25, -0.2) is 13.4 Å². The number of nitrogens with one attached hydrogen (secondary N) is 3. The smallest absolute Gasteiger partial charge is 0.229 e. The summed E-state index contributed by atoms with van der Waals surface area (Å²) in [6.07, 6.45) is 2.10. The summed E-state index contributed by atoms with van der Waals surface area (Å²) < 4.78 is 37.1. The molecule has 0 aliphatic heterocycles. The van der Waals surface area contributed by atoms with Crippen LogP contribution in [0.3, 0.4) is 0 Å². The highest BCUT2D eigenvalue weighted by atomic mass is 32.2. The van der Waals surface area contributed by atoms with Crippen LogP contribution in [0, 0.1) is 6.92 Å². The number of aryl methyl sites for hydroxylation is 1. The number of fused-ring (bicyclic) bond motifs is 3. The third kappa shape index (κ3) is 5.59. The molecule has 0 amide bonds. The van der Waals surface area contributed by atoms with Crippen LogP contribution in [0.2, 0.25) is 0 Å². The largest absolute Gasteiger partial charge is 0.489 e. The Morgan fingerprint density at radius 3 is 2.57 bits per heavy atom. The van der Waals surface area contributed by atoms with Gasteiger partial charge in [-0.3, -0.25) is 9.89 Å². The van der Waals surface area contributed by atoms with Crippen molar-refractivity contribution in [1.29, 1.82) is 0 Å². The molecule has 42 heavy (non-hydrogen) atoms. The number of aromatic nitrogens is 4. The van der Waals surface area contributed by atoms with Gasteiger partial charge in [0.2, 0.25) is 11.7 Å². The molecular weight excluding hydrogens is 556 g/mol. The van der Waals surface area contributed by atoms with Crippen LogP contribution in [0.1, 0.15) is 54.9 Å². The fraction of sp³-hybridized carbons (Fsp3) is 0.333. The molecule has 0 bridgehead atoms. The van der Waals surface area contributed by atoms with Crippen molar-refractivity contribution in [2.75, 3.05) is 24.4 Å². The molecule has 1 aliphatic carbocycles. The van der Waals surface area contributed by atoms with Crippen molar-refractivity contribution in [2.24, 2.45) is 0 Å². The maximum Gasteiger partial charge on any atom is 0.229 e. The normalized spacial score (nSPS) is 12.4. The lowest BCUT2D eigenvalue weighted by atomic mass is 10.1. The number of nitrogens with zero attached hydrogens (tertiary/aromatic N) is 3. The van der Waals surface area contributed by atoms with Crippen LogP contribution >= 0.6 is 0 Å². The lowest BCUT2D eigenvalue weighted by Crippen LogP contribution is -2.16. The first-order chi connectivity index (χ1) is 20.0. The molecular formula is C30H34N6O5S. The Hall–Kier alpha value is -4.29. The van der Waals surface area contributed by atoms with Crippen molar-refractivity contribution in [3.8, 4) is 17.0 Å². The van der Waals surface area contributed by atoms with E-state index in [4.69, 9.17) is 9.47 Å². The van der Waals surface area contributed by atoms with Crippen LogP contribution in [0.5, 0.6) is 5.75 Å². The maximum absolute atomic E-state index is 13.0. The number of hydrogen-bond acceptors (Lipinski definition) is 10. The maximum atomic E-state index is 13.0. The summed E-state index contributed by atoms with van der Waals surface area (Å²) in [4.78, 5) is 21.9. The van der Waals surface area contributed by atoms with E-state index < -0.39 is 15.1 Å². The van der Waals surface area contributed by atoms with E-state index in [0.29, 0.717) is 40.8 Å². The zero-order valence-corrected chi connectivity index (χ0v) is 25.2. The number of carbonyl (C=O) groups is 1. The number of carbonyl (C=O) groups excluding carboxylic acids is 1. The molecule has 0 atom stereocenters. The quantitative estimate of drug-likeness (QED) is 0.172. The number of para-hydroxylation sites is 1. The molecule has 0 saturated carbocycles. The molecule has 0 saturated heterocycles. The molecule has 0 spiro atoms. The van der Waals surface area contributed by atoms with Gasteiger partial charge >= 0.3 is 0 Å². The third-order valence-electron chi connectivity index (χ3n) is 6.90. The second kappa shape index (κ2) is 11.5. The number of ether oxygens (including phenoxy) is 2. The Bertz CT molecular complexity index is 1760. The Morgan fingerprint density at radius 1 is 1.10 bits per heavy atom. The average molecular weight is 591 g/mol. The zero-order chi connectivity index (χ0) is 30.2. The van der Waals surface area contributed by atoms with E-state index in [1.807, 2.05) is 32.9 Å². The van der Waals surface area contributed by atoms with Crippen molar-refractivity contribution in [2.45, 2.75) is 57.3 Å². The Balaban J connectivity index is 1.50. The molecule has 0 unspecified atom stereocenters. The Morgan fingerprint density at radius 2 is 1.86 bits per heavy atom. The highest BCUT2D eigenvalue weighted by Crippen LogP contribution is 2.43. The van der Waals surface area contributed by atoms with Gasteiger partial charge in [0.1, 0.15) is 23.9 Å². The summed E-state index contributed by atoms with van der Waals surface area (Å²) in [6, 6.07) is 10.6. The number of methoxy groups -OCH3 is 1. The number of hydrogen-bond donors (Lipinski definition) is 3. The van der Waals surface area contributed by atoms with Gasteiger partial charge in [-0.2, -0.15) is 10.1 Å². The number of sulfone groups is 1. The van der Waals surface area contributed by atoms with E-state index in [1.54, 1.807) is 44.3 Å². The van der Waals surface area contributed by atoms with Crippen LogP contribution in [0.25, 0.3) is 11.3 Å². The molecule has 0 radical (unpaired) electrons. The van der Waals surface area contributed by atoms with Crippen molar-refractivity contribution >= 4 is 38.8 Å². The summed E-state index contributed by atoms with van der Waals surface area (Å²) in [5, 5.41) is 13.2. The number of H-pyrrole nitrogens is 1. The van der Waals surface area contributed by atoms with Gasteiger partial charge in [0.25, 0.3) is 0 Å². The minimum absolute atomic E-state index is 0.0332. The van der Waals surface area contributed by atoms with E-state index in [2.05, 4.69) is 30.8 Å². The first-order valence-electron chi connectivity index (χ1n) is 13.6. The van der Waals surface area contributed by atoms with E-state index in [0.717, 1.165) is 22.3 Å². The number of Topliss-reactive ketones (excluding diaryl/α,β-unsaturated/α-hetero) is 1. The molecule has 220 valence electrons. The van der Waals surface area contributed by atoms with Crippen LogP contribution in [0.15, 0.2) is 47.5 Å². The van der Waals surface area contributed by atoms with Crippen molar-refractivity contribution in [3.05, 3.63) is 65.0 Å². The van der Waals surface area contributed by atoms with Gasteiger partial charge in [-0.1, -0.05) is 12.1 Å². The summed E-state index contributed by atoms with van der Waals surface area (Å²) >= 11 is 0. The molecule has 1 aliphatic rings. The number of benzene rings is 2. The molecule has 2 heterocycles. The fourth-order valence-electron chi connectivity index (χ4n) is 4.77. The molecule has 3 N–H and O–H groups in total. The van der Waals surface area contributed by atoms with Gasteiger partial charge < -0.3 is 20.1 Å². The number of rotatable bonds is 11. The topological polar surface area (TPSA) is 148 Å². The van der Waals surface area contributed by atoms with Gasteiger partial charge in [-0.05, 0) is 64.4 Å². The fourth-order valence-corrected chi connectivity index (χ4v) is 5.97. The van der Waals surface area contributed by atoms with Crippen molar-refractivity contribution in [3.63, 3.8) is 0 Å². The van der Waals surface area contributed by atoms with Gasteiger partial charge in [0, 0.05) is 36.4 Å². The monoisotopic (exact) mass is 590 g/mol. The molecule has 12 heteroatoms.